The fourth-order valence-corrected chi connectivity index (χ4v) is 2.62. The number of rotatable bonds is 7. The molecule has 1 heterocycles. The summed E-state index contributed by atoms with van der Waals surface area (Å²) >= 11 is 0. The summed E-state index contributed by atoms with van der Waals surface area (Å²) in [5, 5.41) is 5.52. The quantitative estimate of drug-likeness (QED) is 0.793. The minimum Gasteiger partial charge on any atom is -0.467 e. The Morgan fingerprint density at radius 1 is 1.21 bits per heavy atom. The molecule has 24 heavy (non-hydrogen) atoms. The van der Waals surface area contributed by atoms with Crippen LogP contribution in [0, 0.1) is 0 Å². The maximum atomic E-state index is 12.5. The highest BCUT2D eigenvalue weighted by molar-refractivity contribution is 7.91. The summed E-state index contributed by atoms with van der Waals surface area (Å²) in [6.07, 6.45) is 1.50. The molecule has 0 spiro atoms. The number of anilines is 1. The number of hydrogen-bond acceptors (Lipinski definition) is 5. The zero-order chi connectivity index (χ0) is 17.7. The van der Waals surface area contributed by atoms with Crippen molar-refractivity contribution in [1.29, 1.82) is 0 Å². The number of carbonyl (C=O) groups is 1. The number of amides is 1. The summed E-state index contributed by atoms with van der Waals surface area (Å²) < 4.78 is 52.7. The summed E-state index contributed by atoms with van der Waals surface area (Å²) in [5.74, 6) is -3.16. The maximum Gasteiger partial charge on any atom is 0.341 e. The third-order valence-electron chi connectivity index (χ3n) is 3.21. The molecule has 0 fully saturated rings. The predicted molar refractivity (Wildman–Crippen MR) is 83.3 cm³/mol. The molecule has 0 saturated carbocycles. The first-order valence-corrected chi connectivity index (χ1v) is 8.54. The molecule has 0 aliphatic rings. The van der Waals surface area contributed by atoms with Crippen molar-refractivity contribution in [3.63, 3.8) is 0 Å². The molecule has 1 amide bonds. The van der Waals surface area contributed by atoms with Gasteiger partial charge in [0.05, 0.1) is 17.7 Å². The minimum absolute atomic E-state index is 0.240. The van der Waals surface area contributed by atoms with Gasteiger partial charge in [-0.25, -0.2) is 8.42 Å². The fourth-order valence-electron chi connectivity index (χ4n) is 1.90. The molecule has 0 radical (unpaired) electrons. The molecule has 6 nitrogen and oxygen atoms in total. The minimum atomic E-state index is -4.62. The van der Waals surface area contributed by atoms with E-state index in [0.29, 0.717) is 11.4 Å². The Morgan fingerprint density at radius 2 is 1.88 bits per heavy atom. The number of hydrogen-bond donors (Lipinski definition) is 2. The number of benzene rings is 1. The number of carbonyl (C=O) groups excluding carboxylic acids is 1. The van der Waals surface area contributed by atoms with E-state index < -0.39 is 26.5 Å². The van der Waals surface area contributed by atoms with E-state index in [1.54, 1.807) is 19.1 Å². The predicted octanol–water partition coefficient (Wildman–Crippen LogP) is 2.39. The standard InChI is InChI=1S/C15H16F2N2O4S/c1-10(14(20)18-9-12-3-2-8-23-12)19-11-4-6-13(7-5-11)24(21,22)15(16)17/h2-8,10,15,19H,9H2,1H3,(H,18,20). The van der Waals surface area contributed by atoms with Crippen LogP contribution in [0.15, 0.2) is 52.0 Å². The average molecular weight is 358 g/mol. The number of furan rings is 1. The third kappa shape index (κ3) is 4.31. The molecule has 0 bridgehead atoms. The average Bonchev–Trinajstić information content (AvgIpc) is 3.06. The first-order chi connectivity index (χ1) is 11.3. The van der Waals surface area contributed by atoms with Crippen LogP contribution in [0.2, 0.25) is 0 Å². The SMILES string of the molecule is CC(Nc1ccc(S(=O)(=O)C(F)F)cc1)C(=O)NCc1ccco1. The fraction of sp³-hybridized carbons (Fsp3) is 0.267. The maximum absolute atomic E-state index is 12.5. The van der Waals surface area contributed by atoms with Gasteiger partial charge < -0.3 is 15.1 Å². The molecular formula is C15H16F2N2O4S. The van der Waals surface area contributed by atoms with E-state index in [4.69, 9.17) is 4.42 Å². The van der Waals surface area contributed by atoms with Crippen LogP contribution in [-0.4, -0.2) is 26.1 Å². The largest absolute Gasteiger partial charge is 0.467 e. The van der Waals surface area contributed by atoms with Gasteiger partial charge in [0.15, 0.2) is 0 Å². The van der Waals surface area contributed by atoms with Crippen LogP contribution >= 0.6 is 0 Å². The summed E-state index contributed by atoms with van der Waals surface area (Å²) in [7, 11) is -4.62. The van der Waals surface area contributed by atoms with E-state index in [1.807, 2.05) is 0 Å². The van der Waals surface area contributed by atoms with E-state index in [2.05, 4.69) is 10.6 Å². The topological polar surface area (TPSA) is 88.4 Å². The van der Waals surface area contributed by atoms with Crippen LogP contribution in [0.3, 0.4) is 0 Å². The van der Waals surface area contributed by atoms with E-state index in [9.17, 15) is 22.0 Å². The molecule has 1 aromatic carbocycles. The van der Waals surface area contributed by atoms with Gasteiger partial charge in [-0.3, -0.25) is 4.79 Å². The van der Waals surface area contributed by atoms with Crippen molar-refractivity contribution in [2.45, 2.75) is 30.2 Å². The Labute approximate surface area is 137 Å². The lowest BCUT2D eigenvalue weighted by molar-refractivity contribution is -0.121. The monoisotopic (exact) mass is 358 g/mol. The van der Waals surface area contributed by atoms with Gasteiger partial charge in [0, 0.05) is 5.69 Å². The van der Waals surface area contributed by atoms with Gasteiger partial charge in [0.1, 0.15) is 11.8 Å². The van der Waals surface area contributed by atoms with Crippen molar-refractivity contribution in [2.24, 2.45) is 0 Å². The zero-order valence-corrected chi connectivity index (χ0v) is 13.5. The van der Waals surface area contributed by atoms with Gasteiger partial charge in [-0.05, 0) is 43.3 Å². The molecule has 2 aromatic rings. The van der Waals surface area contributed by atoms with E-state index in [1.165, 1.54) is 18.4 Å². The molecule has 2 N–H and O–H groups in total. The molecular weight excluding hydrogens is 342 g/mol. The Bertz CT molecular complexity index is 774. The van der Waals surface area contributed by atoms with Crippen LogP contribution in [0.5, 0.6) is 0 Å². The number of alkyl halides is 2. The Balaban J connectivity index is 1.94. The summed E-state index contributed by atoms with van der Waals surface area (Å²) in [5.41, 5.74) is 0.434. The molecule has 1 unspecified atom stereocenters. The van der Waals surface area contributed by atoms with Crippen LogP contribution in [-0.2, 0) is 21.2 Å². The smallest absolute Gasteiger partial charge is 0.341 e. The molecule has 130 valence electrons. The van der Waals surface area contributed by atoms with Crippen molar-refractivity contribution in [2.75, 3.05) is 5.32 Å². The highest BCUT2D eigenvalue weighted by Gasteiger charge is 2.26. The lowest BCUT2D eigenvalue weighted by Gasteiger charge is -2.15. The molecule has 1 atom stereocenters. The van der Waals surface area contributed by atoms with Crippen molar-refractivity contribution < 1.29 is 26.4 Å². The second kappa shape index (κ2) is 7.43. The highest BCUT2D eigenvalue weighted by atomic mass is 32.2. The van der Waals surface area contributed by atoms with Crippen LogP contribution in [0.25, 0.3) is 0 Å². The van der Waals surface area contributed by atoms with Gasteiger partial charge in [-0.15, -0.1) is 0 Å². The first-order valence-electron chi connectivity index (χ1n) is 6.99. The van der Waals surface area contributed by atoms with Gasteiger partial charge in [-0.2, -0.15) is 8.78 Å². The Hall–Kier alpha value is -2.42. The van der Waals surface area contributed by atoms with Gasteiger partial charge in [-0.1, -0.05) is 0 Å². The molecule has 0 aliphatic heterocycles. The lowest BCUT2D eigenvalue weighted by atomic mass is 10.2. The molecule has 0 saturated heterocycles. The Morgan fingerprint density at radius 3 is 2.42 bits per heavy atom. The molecule has 0 aliphatic carbocycles. The van der Waals surface area contributed by atoms with Crippen LogP contribution < -0.4 is 10.6 Å². The summed E-state index contributed by atoms with van der Waals surface area (Å²) in [4.78, 5) is 11.5. The number of halogens is 2. The molecule has 1 aromatic heterocycles. The van der Waals surface area contributed by atoms with Crippen LogP contribution in [0.1, 0.15) is 12.7 Å². The number of sulfone groups is 1. The van der Waals surface area contributed by atoms with Gasteiger partial charge in [0.2, 0.25) is 15.7 Å². The second-order valence-corrected chi connectivity index (χ2v) is 6.91. The van der Waals surface area contributed by atoms with Gasteiger partial charge in [0.25, 0.3) is 0 Å². The van der Waals surface area contributed by atoms with Gasteiger partial charge >= 0.3 is 5.76 Å². The highest BCUT2D eigenvalue weighted by Crippen LogP contribution is 2.20. The summed E-state index contributed by atoms with van der Waals surface area (Å²) in [6.45, 7) is 1.85. The third-order valence-corrected chi connectivity index (χ3v) is 4.61. The lowest BCUT2D eigenvalue weighted by Crippen LogP contribution is -2.37. The van der Waals surface area contributed by atoms with E-state index in [0.717, 1.165) is 12.1 Å². The van der Waals surface area contributed by atoms with Crippen LogP contribution in [0.4, 0.5) is 14.5 Å². The Kier molecular flexibility index (Phi) is 5.55. The zero-order valence-electron chi connectivity index (χ0n) is 12.7. The van der Waals surface area contributed by atoms with E-state index in [-0.39, 0.29) is 12.5 Å². The van der Waals surface area contributed by atoms with Crippen molar-refractivity contribution >= 4 is 21.4 Å². The molecule has 9 heteroatoms. The normalized spacial score (nSPS) is 12.8. The van der Waals surface area contributed by atoms with Crippen molar-refractivity contribution in [3.8, 4) is 0 Å². The van der Waals surface area contributed by atoms with Crippen molar-refractivity contribution in [1.82, 2.24) is 5.32 Å². The number of nitrogens with one attached hydrogen (secondary N) is 2. The molecule has 2 rings (SSSR count). The first kappa shape index (κ1) is 17.9. The van der Waals surface area contributed by atoms with Crippen molar-refractivity contribution in [3.05, 3.63) is 48.4 Å². The van der Waals surface area contributed by atoms with E-state index >= 15 is 0 Å². The summed E-state index contributed by atoms with van der Waals surface area (Å²) in [6, 6.07) is 7.60. The second-order valence-electron chi connectivity index (χ2n) is 4.99.